The quantitative estimate of drug-likeness (QED) is 0.733. The number of nitrogens with one attached hydrogen (secondary N) is 1. The second-order valence-corrected chi connectivity index (χ2v) is 7.58. The molecule has 3 rings (SSSR count). The van der Waals surface area contributed by atoms with Gasteiger partial charge in [-0.2, -0.15) is 0 Å². The van der Waals surface area contributed by atoms with Gasteiger partial charge in [-0.3, -0.25) is 0 Å². The van der Waals surface area contributed by atoms with E-state index in [-0.39, 0.29) is 30.7 Å². The summed E-state index contributed by atoms with van der Waals surface area (Å²) < 4.78 is 27.3. The Hall–Kier alpha value is -2.67. The van der Waals surface area contributed by atoms with Crippen molar-refractivity contribution in [3.8, 4) is 0 Å². The van der Waals surface area contributed by atoms with Crippen LogP contribution in [0, 0.1) is 11.6 Å². The zero-order valence-corrected chi connectivity index (χ0v) is 16.9. The summed E-state index contributed by atoms with van der Waals surface area (Å²) in [5.74, 6) is -1.37. The normalized spacial score (nSPS) is 15.8. The van der Waals surface area contributed by atoms with Crippen molar-refractivity contribution in [2.75, 3.05) is 6.54 Å². The number of carbonyl (C=O) groups excluding carboxylic acids is 1. The number of rotatable bonds is 6. The maximum Gasteiger partial charge on any atom is 0.318 e. The summed E-state index contributed by atoms with van der Waals surface area (Å²) >= 11 is 6.22. The smallest absolute Gasteiger partial charge is 0.318 e. The minimum Gasteiger partial charge on any atom is -0.390 e. The van der Waals surface area contributed by atoms with Crippen LogP contribution in [0.25, 0.3) is 0 Å². The molecule has 0 radical (unpaired) electrons. The number of hydrogen-bond donors (Lipinski definition) is 1. The van der Waals surface area contributed by atoms with E-state index in [0.29, 0.717) is 17.2 Å². The summed E-state index contributed by atoms with van der Waals surface area (Å²) in [4.78, 5) is 19.6. The van der Waals surface area contributed by atoms with Gasteiger partial charge in [-0.05, 0) is 26.0 Å². The first-order chi connectivity index (χ1) is 13.8. The Morgan fingerprint density at radius 2 is 2.07 bits per heavy atom. The molecule has 0 unspecified atom stereocenters. The molecule has 5 nitrogen and oxygen atoms in total. The van der Waals surface area contributed by atoms with Gasteiger partial charge in [0.1, 0.15) is 11.6 Å². The zero-order chi connectivity index (χ0) is 21.0. The van der Waals surface area contributed by atoms with E-state index >= 15 is 0 Å². The summed E-state index contributed by atoms with van der Waals surface area (Å²) in [6.45, 7) is 3.83. The van der Waals surface area contributed by atoms with Crippen molar-refractivity contribution in [1.82, 2.24) is 10.2 Å². The third-order valence-electron chi connectivity index (χ3n) is 4.42. The van der Waals surface area contributed by atoms with Gasteiger partial charge >= 0.3 is 6.03 Å². The molecule has 8 heteroatoms. The van der Waals surface area contributed by atoms with Crippen LogP contribution >= 0.6 is 11.6 Å². The number of benzene rings is 2. The molecule has 0 aliphatic carbocycles. The van der Waals surface area contributed by atoms with Crippen molar-refractivity contribution >= 4 is 23.3 Å². The van der Waals surface area contributed by atoms with Gasteiger partial charge in [0.05, 0.1) is 18.8 Å². The second kappa shape index (κ2) is 9.22. The molecule has 1 N–H and O–H groups in total. The molecule has 0 spiro atoms. The highest BCUT2D eigenvalue weighted by atomic mass is 35.5. The first kappa shape index (κ1) is 21.0. The number of hydrogen-bond acceptors (Lipinski definition) is 3. The molecule has 0 fully saturated rings. The topological polar surface area (TPSA) is 53.9 Å². The van der Waals surface area contributed by atoms with Crippen LogP contribution in [-0.4, -0.2) is 35.3 Å². The summed E-state index contributed by atoms with van der Waals surface area (Å²) in [5, 5.41) is 7.47. The molecule has 0 aromatic heterocycles. The van der Waals surface area contributed by atoms with Crippen molar-refractivity contribution in [2.24, 2.45) is 5.16 Å². The highest BCUT2D eigenvalue weighted by molar-refractivity contribution is 6.34. The van der Waals surface area contributed by atoms with Crippen LogP contribution in [0.3, 0.4) is 0 Å². The minimum absolute atomic E-state index is 0.0219. The largest absolute Gasteiger partial charge is 0.390 e. The fourth-order valence-corrected chi connectivity index (χ4v) is 3.28. The van der Waals surface area contributed by atoms with Crippen molar-refractivity contribution in [3.05, 3.63) is 70.2 Å². The highest BCUT2D eigenvalue weighted by Crippen LogP contribution is 2.24. The molecule has 1 aliphatic heterocycles. The lowest BCUT2D eigenvalue weighted by molar-refractivity contribution is 0.0584. The lowest BCUT2D eigenvalue weighted by Gasteiger charge is -2.26. The number of carbonyl (C=O) groups is 1. The van der Waals surface area contributed by atoms with Crippen LogP contribution in [-0.2, 0) is 11.4 Å². The lowest BCUT2D eigenvalue weighted by Crippen LogP contribution is -2.45. The molecular formula is C21H22ClF2N3O2. The van der Waals surface area contributed by atoms with Crippen molar-refractivity contribution in [2.45, 2.75) is 39.0 Å². The Bertz CT molecular complexity index is 921. The first-order valence-electron chi connectivity index (χ1n) is 9.30. The number of oxime groups is 1. The Morgan fingerprint density at radius 1 is 1.31 bits per heavy atom. The highest BCUT2D eigenvalue weighted by Gasteiger charge is 2.28. The molecule has 29 heavy (non-hydrogen) atoms. The molecule has 2 aromatic carbocycles. The number of amides is 2. The maximum atomic E-state index is 14.1. The molecule has 2 aromatic rings. The monoisotopic (exact) mass is 421 g/mol. The Morgan fingerprint density at radius 3 is 2.76 bits per heavy atom. The van der Waals surface area contributed by atoms with Crippen LogP contribution in [0.4, 0.5) is 13.6 Å². The van der Waals surface area contributed by atoms with E-state index in [1.165, 1.54) is 17.0 Å². The third kappa shape index (κ3) is 5.44. The predicted molar refractivity (Wildman–Crippen MR) is 108 cm³/mol. The fraction of sp³-hybridized carbons (Fsp3) is 0.333. The van der Waals surface area contributed by atoms with Crippen LogP contribution < -0.4 is 5.32 Å². The minimum atomic E-state index is -0.701. The van der Waals surface area contributed by atoms with Crippen molar-refractivity contribution in [1.29, 1.82) is 0 Å². The Labute approximate surface area is 173 Å². The molecule has 0 saturated heterocycles. The van der Waals surface area contributed by atoms with E-state index in [0.717, 1.165) is 11.6 Å². The Balaban J connectivity index is 1.72. The van der Waals surface area contributed by atoms with E-state index in [9.17, 15) is 13.6 Å². The molecule has 154 valence electrons. The number of urea groups is 1. The lowest BCUT2D eigenvalue weighted by atomic mass is 10.0. The van der Waals surface area contributed by atoms with Crippen LogP contribution in [0.2, 0.25) is 5.02 Å². The number of halogens is 3. The molecule has 1 heterocycles. The Kier molecular flexibility index (Phi) is 6.69. The second-order valence-electron chi connectivity index (χ2n) is 7.17. The third-order valence-corrected chi connectivity index (χ3v) is 4.75. The number of nitrogens with zero attached hydrogens (tertiary/aromatic N) is 2. The zero-order valence-electron chi connectivity index (χ0n) is 16.2. The summed E-state index contributed by atoms with van der Waals surface area (Å²) in [6, 6.07) is 10.2. The van der Waals surface area contributed by atoms with Crippen LogP contribution in [0.15, 0.2) is 47.6 Å². The van der Waals surface area contributed by atoms with Crippen LogP contribution in [0.1, 0.15) is 31.4 Å². The van der Waals surface area contributed by atoms with E-state index in [1.54, 1.807) is 6.07 Å². The molecule has 0 saturated carbocycles. The molecule has 1 aliphatic rings. The SMILES string of the molecule is CC(C)NC(=O)N(Cc1ccc(F)cc1F)C[C@@H]1CC(c2ccccc2Cl)=NO1. The van der Waals surface area contributed by atoms with Gasteiger partial charge in [0.25, 0.3) is 0 Å². The van der Waals surface area contributed by atoms with Gasteiger partial charge in [-0.25, -0.2) is 13.6 Å². The molecule has 2 amide bonds. The van der Waals surface area contributed by atoms with E-state index in [4.69, 9.17) is 16.4 Å². The van der Waals surface area contributed by atoms with E-state index in [2.05, 4.69) is 10.5 Å². The molecular weight excluding hydrogens is 400 g/mol. The standard InChI is InChI=1S/C21H22ClF2N3O2/c1-13(2)25-21(28)27(11-14-7-8-15(23)9-19(14)24)12-16-10-20(26-29-16)17-5-3-4-6-18(17)22/h3-9,13,16H,10-12H2,1-2H3,(H,25,28)/t16-/m0/s1. The maximum absolute atomic E-state index is 14.1. The first-order valence-corrected chi connectivity index (χ1v) is 9.68. The average molecular weight is 422 g/mol. The summed E-state index contributed by atoms with van der Waals surface area (Å²) in [6.07, 6.45) is 0.0591. The van der Waals surface area contributed by atoms with Gasteiger partial charge in [0, 0.05) is 34.7 Å². The van der Waals surface area contributed by atoms with E-state index < -0.39 is 17.7 Å². The predicted octanol–water partition coefficient (Wildman–Crippen LogP) is 4.73. The summed E-state index contributed by atoms with van der Waals surface area (Å²) in [5.41, 5.74) is 1.69. The van der Waals surface area contributed by atoms with Gasteiger partial charge in [0.2, 0.25) is 0 Å². The van der Waals surface area contributed by atoms with Crippen molar-refractivity contribution in [3.63, 3.8) is 0 Å². The van der Waals surface area contributed by atoms with Crippen molar-refractivity contribution < 1.29 is 18.4 Å². The van der Waals surface area contributed by atoms with E-state index in [1.807, 2.05) is 32.0 Å². The fourth-order valence-electron chi connectivity index (χ4n) is 3.04. The summed E-state index contributed by atoms with van der Waals surface area (Å²) in [7, 11) is 0. The average Bonchev–Trinajstić information content (AvgIpc) is 3.11. The molecule has 1 atom stereocenters. The van der Waals surface area contributed by atoms with Crippen LogP contribution in [0.5, 0.6) is 0 Å². The van der Waals surface area contributed by atoms with Gasteiger partial charge < -0.3 is 15.1 Å². The van der Waals surface area contributed by atoms with Gasteiger partial charge in [-0.15, -0.1) is 0 Å². The van der Waals surface area contributed by atoms with Gasteiger partial charge in [0.15, 0.2) is 6.10 Å². The molecule has 0 bridgehead atoms. The van der Waals surface area contributed by atoms with Gasteiger partial charge in [-0.1, -0.05) is 41.0 Å².